The van der Waals surface area contributed by atoms with E-state index >= 15 is 0 Å². The molecule has 1 aromatic rings. The zero-order chi connectivity index (χ0) is 16.0. The Kier molecular flexibility index (Phi) is 6.83. The van der Waals surface area contributed by atoms with Gasteiger partial charge >= 0.3 is 5.97 Å². The van der Waals surface area contributed by atoms with Gasteiger partial charge in [-0.3, -0.25) is 4.79 Å². The Morgan fingerprint density at radius 1 is 1.43 bits per heavy atom. The highest BCUT2D eigenvalue weighted by Crippen LogP contribution is 2.17. The molecule has 0 aliphatic heterocycles. The Morgan fingerprint density at radius 2 is 2.10 bits per heavy atom. The van der Waals surface area contributed by atoms with Crippen LogP contribution in [0, 0.1) is 5.92 Å². The van der Waals surface area contributed by atoms with Crippen LogP contribution in [0.3, 0.4) is 0 Å². The van der Waals surface area contributed by atoms with Gasteiger partial charge in [0.25, 0.3) is 0 Å². The van der Waals surface area contributed by atoms with Crippen molar-refractivity contribution in [2.45, 2.75) is 31.2 Å². The second-order valence-corrected chi connectivity index (χ2v) is 7.96. The molecule has 0 aromatic heterocycles. The molecular formula is C14H20BrNO4S. The molecule has 0 heterocycles. The van der Waals surface area contributed by atoms with Gasteiger partial charge in [-0.05, 0) is 24.1 Å². The van der Waals surface area contributed by atoms with E-state index in [4.69, 9.17) is 5.11 Å². The number of aliphatic carboxylic acids is 1. The van der Waals surface area contributed by atoms with Crippen LogP contribution in [0.4, 0.5) is 0 Å². The number of hydrogen-bond acceptors (Lipinski definition) is 4. The van der Waals surface area contributed by atoms with Crippen molar-refractivity contribution >= 4 is 31.7 Å². The largest absolute Gasteiger partial charge is 0.480 e. The molecule has 0 aliphatic carbocycles. The van der Waals surface area contributed by atoms with E-state index in [0.29, 0.717) is 10.9 Å². The molecule has 1 aromatic carbocycles. The topological polar surface area (TPSA) is 83.5 Å². The zero-order valence-electron chi connectivity index (χ0n) is 12.0. The monoisotopic (exact) mass is 377 g/mol. The van der Waals surface area contributed by atoms with E-state index < -0.39 is 21.8 Å². The summed E-state index contributed by atoms with van der Waals surface area (Å²) in [4.78, 5) is 11.4. The quantitative estimate of drug-likeness (QED) is 0.725. The Hall–Kier alpha value is -0.920. The summed E-state index contributed by atoms with van der Waals surface area (Å²) in [6.07, 6.45) is 0.711. The van der Waals surface area contributed by atoms with E-state index in [1.807, 2.05) is 13.8 Å². The first kappa shape index (κ1) is 18.1. The maximum atomic E-state index is 12.2. The predicted molar refractivity (Wildman–Crippen MR) is 85.1 cm³/mol. The van der Waals surface area contributed by atoms with Gasteiger partial charge in [-0.15, -0.1) is 0 Å². The average Bonchev–Trinajstić information content (AvgIpc) is 2.42. The van der Waals surface area contributed by atoms with Crippen LogP contribution in [0.25, 0.3) is 0 Å². The summed E-state index contributed by atoms with van der Waals surface area (Å²) in [5.41, 5.74) is 0. The minimum Gasteiger partial charge on any atom is -0.480 e. The Labute approximate surface area is 133 Å². The molecule has 1 rings (SSSR count). The molecular weight excluding hydrogens is 358 g/mol. The van der Waals surface area contributed by atoms with E-state index in [9.17, 15) is 13.2 Å². The number of carboxylic acids is 1. The van der Waals surface area contributed by atoms with E-state index in [1.165, 1.54) is 6.07 Å². The van der Waals surface area contributed by atoms with Crippen LogP contribution in [-0.4, -0.2) is 37.8 Å². The van der Waals surface area contributed by atoms with Crippen molar-refractivity contribution in [1.82, 2.24) is 5.32 Å². The molecule has 0 amide bonds. The molecule has 2 atom stereocenters. The molecule has 0 aliphatic rings. The summed E-state index contributed by atoms with van der Waals surface area (Å²) >= 11 is 3.24. The van der Waals surface area contributed by atoms with E-state index in [0.717, 1.165) is 0 Å². The van der Waals surface area contributed by atoms with Gasteiger partial charge in [-0.1, -0.05) is 42.3 Å². The maximum absolute atomic E-state index is 12.2. The van der Waals surface area contributed by atoms with Crippen molar-refractivity contribution in [3.05, 3.63) is 28.7 Å². The fourth-order valence-corrected chi connectivity index (χ4v) is 3.66. The van der Waals surface area contributed by atoms with Crippen molar-refractivity contribution < 1.29 is 18.3 Å². The number of rotatable bonds is 8. The lowest BCUT2D eigenvalue weighted by Crippen LogP contribution is -2.43. The lowest BCUT2D eigenvalue weighted by atomic mass is 9.99. The molecule has 5 nitrogen and oxygen atoms in total. The van der Waals surface area contributed by atoms with E-state index in [1.54, 1.807) is 18.2 Å². The molecule has 118 valence electrons. The Balaban J connectivity index is 2.67. The van der Waals surface area contributed by atoms with Gasteiger partial charge in [0.05, 0.1) is 10.6 Å². The highest BCUT2D eigenvalue weighted by molar-refractivity contribution is 9.10. The van der Waals surface area contributed by atoms with Crippen LogP contribution >= 0.6 is 15.9 Å². The summed E-state index contributed by atoms with van der Waals surface area (Å²) in [5.74, 6) is -1.15. The summed E-state index contributed by atoms with van der Waals surface area (Å²) < 4.78 is 25.0. The molecule has 0 spiro atoms. The fraction of sp³-hybridized carbons (Fsp3) is 0.500. The van der Waals surface area contributed by atoms with Crippen LogP contribution in [0.15, 0.2) is 33.6 Å². The Morgan fingerprint density at radius 3 is 2.62 bits per heavy atom. The molecule has 2 N–H and O–H groups in total. The number of halogens is 1. The first-order chi connectivity index (χ1) is 9.77. The van der Waals surface area contributed by atoms with Crippen molar-refractivity contribution in [3.63, 3.8) is 0 Å². The minimum absolute atomic E-state index is 0.0592. The van der Waals surface area contributed by atoms with Gasteiger partial charge < -0.3 is 10.4 Å². The van der Waals surface area contributed by atoms with Gasteiger partial charge in [0.2, 0.25) is 0 Å². The van der Waals surface area contributed by atoms with Gasteiger partial charge in [0.15, 0.2) is 9.84 Å². The molecule has 0 bridgehead atoms. The normalized spacial score (nSPS) is 14.6. The maximum Gasteiger partial charge on any atom is 0.320 e. The van der Waals surface area contributed by atoms with Crippen molar-refractivity contribution in [1.29, 1.82) is 0 Å². The minimum atomic E-state index is -3.42. The standard InChI is InChI=1S/C14H20BrNO4S/c1-3-10(2)13(14(17)18)16-7-8-21(19,20)12-6-4-5-11(15)9-12/h4-6,9-10,13,16H,3,7-8H2,1-2H3,(H,17,18)/t10-,13-/m0/s1. The molecule has 0 saturated carbocycles. The average molecular weight is 378 g/mol. The lowest BCUT2D eigenvalue weighted by Gasteiger charge is -2.20. The lowest BCUT2D eigenvalue weighted by molar-refractivity contribution is -0.140. The third kappa shape index (κ3) is 5.41. The van der Waals surface area contributed by atoms with E-state index in [-0.39, 0.29) is 23.1 Å². The van der Waals surface area contributed by atoms with Gasteiger partial charge in [-0.25, -0.2) is 8.42 Å². The van der Waals surface area contributed by atoms with Crippen LogP contribution < -0.4 is 5.32 Å². The second kappa shape index (κ2) is 7.91. The van der Waals surface area contributed by atoms with Crippen LogP contribution in [-0.2, 0) is 14.6 Å². The molecule has 0 saturated heterocycles. The summed E-state index contributed by atoms with van der Waals surface area (Å²) in [5, 5.41) is 12.0. The van der Waals surface area contributed by atoms with Crippen molar-refractivity contribution in [2.75, 3.05) is 12.3 Å². The molecule has 0 radical (unpaired) electrons. The summed E-state index contributed by atoms with van der Waals surface area (Å²) in [6.45, 7) is 3.84. The third-order valence-electron chi connectivity index (χ3n) is 3.37. The zero-order valence-corrected chi connectivity index (χ0v) is 14.4. The van der Waals surface area contributed by atoms with Gasteiger partial charge in [-0.2, -0.15) is 0 Å². The summed E-state index contributed by atoms with van der Waals surface area (Å²) in [6, 6.07) is 5.75. The van der Waals surface area contributed by atoms with Crippen LogP contribution in [0.5, 0.6) is 0 Å². The third-order valence-corrected chi connectivity index (χ3v) is 5.58. The van der Waals surface area contributed by atoms with Gasteiger partial charge in [0, 0.05) is 11.0 Å². The van der Waals surface area contributed by atoms with E-state index in [2.05, 4.69) is 21.2 Å². The molecule has 0 fully saturated rings. The smallest absolute Gasteiger partial charge is 0.320 e. The number of sulfone groups is 1. The molecule has 0 unspecified atom stereocenters. The highest BCUT2D eigenvalue weighted by atomic mass is 79.9. The van der Waals surface area contributed by atoms with Crippen LogP contribution in [0.1, 0.15) is 20.3 Å². The number of carboxylic acid groups (broad SMARTS) is 1. The number of nitrogens with one attached hydrogen (secondary N) is 1. The number of benzene rings is 1. The number of hydrogen-bond donors (Lipinski definition) is 2. The van der Waals surface area contributed by atoms with Crippen LogP contribution in [0.2, 0.25) is 0 Å². The predicted octanol–water partition coefficient (Wildman–Crippen LogP) is 2.31. The molecule has 7 heteroatoms. The second-order valence-electron chi connectivity index (χ2n) is 4.93. The number of carbonyl (C=O) groups is 1. The Bertz CT molecular complexity index is 588. The van der Waals surface area contributed by atoms with Gasteiger partial charge in [0.1, 0.15) is 6.04 Å². The SMILES string of the molecule is CC[C@H](C)[C@H](NCCS(=O)(=O)c1cccc(Br)c1)C(=O)O. The molecule has 21 heavy (non-hydrogen) atoms. The highest BCUT2D eigenvalue weighted by Gasteiger charge is 2.23. The van der Waals surface area contributed by atoms with Crippen molar-refractivity contribution in [3.8, 4) is 0 Å². The fourth-order valence-electron chi connectivity index (χ4n) is 1.89. The summed E-state index contributed by atoms with van der Waals surface area (Å²) in [7, 11) is -3.42. The van der Waals surface area contributed by atoms with Crippen molar-refractivity contribution in [2.24, 2.45) is 5.92 Å². The first-order valence-corrected chi connectivity index (χ1v) is 9.17. The first-order valence-electron chi connectivity index (χ1n) is 6.72.